The molecule has 2 aromatic rings. The fourth-order valence-electron chi connectivity index (χ4n) is 2.25. The number of halogens is 1. The third-order valence-electron chi connectivity index (χ3n) is 3.74. The van der Waals surface area contributed by atoms with E-state index < -0.39 is 0 Å². The minimum absolute atomic E-state index is 0.709. The normalized spacial score (nSPS) is 10.7. The molecule has 0 bridgehead atoms. The van der Waals surface area contributed by atoms with E-state index in [9.17, 15) is 0 Å². The topological polar surface area (TPSA) is 18.5 Å². The first-order valence-electron chi connectivity index (χ1n) is 7.96. The molecule has 128 valence electrons. The maximum Gasteiger partial charge on any atom is 0.173 e. The maximum absolute atomic E-state index is 6.21. The summed E-state index contributed by atoms with van der Waals surface area (Å²) in [5.74, 6) is 0. The van der Waals surface area contributed by atoms with Crippen LogP contribution in [0.15, 0.2) is 48.5 Å². The highest BCUT2D eigenvalue weighted by atomic mass is 35.5. The Morgan fingerprint density at radius 3 is 2.42 bits per heavy atom. The molecule has 2 aromatic carbocycles. The van der Waals surface area contributed by atoms with Gasteiger partial charge in [0.2, 0.25) is 0 Å². The van der Waals surface area contributed by atoms with Crippen LogP contribution in [0.25, 0.3) is 0 Å². The van der Waals surface area contributed by atoms with Crippen molar-refractivity contribution in [3.8, 4) is 0 Å². The first kappa shape index (κ1) is 18.7. The monoisotopic (exact) mass is 361 g/mol. The summed E-state index contributed by atoms with van der Waals surface area (Å²) in [5, 5.41) is 4.76. The predicted octanol–water partition coefficient (Wildman–Crippen LogP) is 4.41. The van der Waals surface area contributed by atoms with E-state index in [4.69, 9.17) is 23.8 Å². The molecule has 0 unspecified atom stereocenters. The van der Waals surface area contributed by atoms with Crippen LogP contribution >= 0.6 is 23.8 Å². The summed E-state index contributed by atoms with van der Waals surface area (Å²) < 4.78 is 0. The molecule has 0 spiro atoms. The fraction of sp³-hybridized carbons (Fsp3) is 0.316. The van der Waals surface area contributed by atoms with Crippen LogP contribution in [-0.4, -0.2) is 42.1 Å². The largest absolute Gasteiger partial charge is 0.343 e. The lowest BCUT2D eigenvalue weighted by atomic mass is 10.2. The van der Waals surface area contributed by atoms with Gasteiger partial charge in [0.05, 0.1) is 0 Å². The lowest BCUT2D eigenvalue weighted by Gasteiger charge is -2.27. The summed E-state index contributed by atoms with van der Waals surface area (Å²) >= 11 is 11.8. The summed E-state index contributed by atoms with van der Waals surface area (Å²) in [5.41, 5.74) is 3.21. The van der Waals surface area contributed by atoms with Gasteiger partial charge >= 0.3 is 0 Å². The van der Waals surface area contributed by atoms with Crippen LogP contribution in [0.5, 0.6) is 0 Å². The molecule has 0 aliphatic heterocycles. The van der Waals surface area contributed by atoms with Crippen molar-refractivity contribution in [3.05, 3.63) is 64.7 Å². The van der Waals surface area contributed by atoms with Crippen molar-refractivity contribution >= 4 is 34.6 Å². The quantitative estimate of drug-likeness (QED) is 0.768. The highest BCUT2D eigenvalue weighted by molar-refractivity contribution is 7.80. The van der Waals surface area contributed by atoms with Crippen molar-refractivity contribution in [1.82, 2.24) is 9.80 Å². The Morgan fingerprint density at radius 2 is 1.79 bits per heavy atom. The molecule has 0 aliphatic rings. The zero-order valence-corrected chi connectivity index (χ0v) is 16.0. The number of hydrogen-bond donors (Lipinski definition) is 1. The van der Waals surface area contributed by atoms with Gasteiger partial charge in [-0.2, -0.15) is 0 Å². The molecule has 0 heterocycles. The molecule has 2 rings (SSSR count). The summed E-state index contributed by atoms with van der Waals surface area (Å²) in [4.78, 5) is 4.34. The standard InChI is InChI=1S/C19H24ClN3S/c1-15-9-10-17(13-18(15)20)21-19(24)23(12-11-22(2)3)14-16-7-5-4-6-8-16/h4-10,13H,11-12,14H2,1-3H3,(H,21,24). The second-order valence-corrected chi connectivity index (χ2v) is 6.90. The van der Waals surface area contributed by atoms with Crippen LogP contribution in [0.2, 0.25) is 5.02 Å². The average molecular weight is 362 g/mol. The number of hydrogen-bond acceptors (Lipinski definition) is 2. The number of likely N-dealkylation sites (N-methyl/N-ethyl adjacent to an activating group) is 1. The molecule has 0 aromatic heterocycles. The van der Waals surface area contributed by atoms with Gasteiger partial charge in [0, 0.05) is 30.3 Å². The molecule has 0 fully saturated rings. The number of anilines is 1. The maximum atomic E-state index is 6.21. The Hall–Kier alpha value is -1.62. The number of nitrogens with one attached hydrogen (secondary N) is 1. The van der Waals surface area contributed by atoms with Crippen LogP contribution in [0.1, 0.15) is 11.1 Å². The van der Waals surface area contributed by atoms with Crippen LogP contribution < -0.4 is 5.32 Å². The fourth-order valence-corrected chi connectivity index (χ4v) is 2.70. The van der Waals surface area contributed by atoms with Crippen molar-refractivity contribution in [3.63, 3.8) is 0 Å². The molecule has 24 heavy (non-hydrogen) atoms. The van der Waals surface area contributed by atoms with E-state index in [0.29, 0.717) is 5.11 Å². The highest BCUT2D eigenvalue weighted by Gasteiger charge is 2.11. The molecule has 0 atom stereocenters. The smallest absolute Gasteiger partial charge is 0.173 e. The third-order valence-corrected chi connectivity index (χ3v) is 4.51. The zero-order chi connectivity index (χ0) is 17.5. The molecule has 0 amide bonds. The van der Waals surface area contributed by atoms with Crippen molar-refractivity contribution in [2.45, 2.75) is 13.5 Å². The Morgan fingerprint density at radius 1 is 1.08 bits per heavy atom. The molecule has 0 saturated heterocycles. The molecule has 3 nitrogen and oxygen atoms in total. The zero-order valence-electron chi connectivity index (χ0n) is 14.4. The van der Waals surface area contributed by atoms with Gasteiger partial charge in [0.1, 0.15) is 0 Å². The van der Waals surface area contributed by atoms with Gasteiger partial charge in [-0.25, -0.2) is 0 Å². The van der Waals surface area contributed by atoms with E-state index >= 15 is 0 Å². The Bertz CT molecular complexity index is 674. The van der Waals surface area contributed by atoms with Gasteiger partial charge in [-0.05, 0) is 56.5 Å². The first-order chi connectivity index (χ1) is 11.5. The van der Waals surface area contributed by atoms with E-state index in [-0.39, 0.29) is 0 Å². The van der Waals surface area contributed by atoms with Crippen molar-refractivity contribution in [2.24, 2.45) is 0 Å². The highest BCUT2D eigenvalue weighted by Crippen LogP contribution is 2.20. The number of nitrogens with zero attached hydrogens (tertiary/aromatic N) is 2. The molecule has 5 heteroatoms. The summed E-state index contributed by atoms with van der Waals surface area (Å²) in [6, 6.07) is 16.3. The van der Waals surface area contributed by atoms with Crippen LogP contribution in [0.3, 0.4) is 0 Å². The Labute approximate surface area is 155 Å². The van der Waals surface area contributed by atoms with Crippen LogP contribution in [-0.2, 0) is 6.54 Å². The van der Waals surface area contributed by atoms with E-state index in [2.05, 4.69) is 53.5 Å². The molecule has 0 saturated carbocycles. The number of benzene rings is 2. The number of aryl methyl sites for hydroxylation is 1. The lowest BCUT2D eigenvalue weighted by molar-refractivity contribution is 0.328. The minimum atomic E-state index is 0.709. The second kappa shape index (κ2) is 9.02. The van der Waals surface area contributed by atoms with Gasteiger partial charge in [-0.1, -0.05) is 48.0 Å². The first-order valence-corrected chi connectivity index (χ1v) is 8.75. The summed E-state index contributed by atoms with van der Waals surface area (Å²) in [6.45, 7) is 4.56. The van der Waals surface area contributed by atoms with E-state index in [0.717, 1.165) is 35.9 Å². The summed E-state index contributed by atoms with van der Waals surface area (Å²) in [6.07, 6.45) is 0. The molecule has 0 aliphatic carbocycles. The predicted molar refractivity (Wildman–Crippen MR) is 108 cm³/mol. The van der Waals surface area contributed by atoms with Gasteiger partial charge in [0.15, 0.2) is 5.11 Å². The SMILES string of the molecule is Cc1ccc(NC(=S)N(CCN(C)C)Cc2ccccc2)cc1Cl. The van der Waals surface area contributed by atoms with Gasteiger partial charge in [-0.15, -0.1) is 0 Å². The lowest BCUT2D eigenvalue weighted by Crippen LogP contribution is -2.38. The summed E-state index contributed by atoms with van der Waals surface area (Å²) in [7, 11) is 4.13. The Kier molecular flexibility index (Phi) is 7.03. The van der Waals surface area contributed by atoms with Gasteiger partial charge in [-0.3, -0.25) is 0 Å². The number of thiocarbonyl (C=S) groups is 1. The molecular weight excluding hydrogens is 338 g/mol. The minimum Gasteiger partial charge on any atom is -0.343 e. The second-order valence-electron chi connectivity index (χ2n) is 6.10. The van der Waals surface area contributed by atoms with Crippen molar-refractivity contribution in [1.29, 1.82) is 0 Å². The van der Waals surface area contributed by atoms with Gasteiger partial charge < -0.3 is 15.1 Å². The third kappa shape index (κ3) is 5.78. The molecule has 0 radical (unpaired) electrons. The van der Waals surface area contributed by atoms with E-state index in [1.807, 2.05) is 31.2 Å². The van der Waals surface area contributed by atoms with Crippen LogP contribution in [0, 0.1) is 6.92 Å². The van der Waals surface area contributed by atoms with Crippen molar-refractivity contribution in [2.75, 3.05) is 32.5 Å². The average Bonchev–Trinajstić information content (AvgIpc) is 2.55. The van der Waals surface area contributed by atoms with Crippen molar-refractivity contribution < 1.29 is 0 Å². The van der Waals surface area contributed by atoms with E-state index in [1.54, 1.807) is 0 Å². The Balaban J connectivity index is 2.09. The van der Waals surface area contributed by atoms with Crippen LogP contribution in [0.4, 0.5) is 5.69 Å². The molecule has 1 N–H and O–H groups in total. The number of rotatable bonds is 6. The van der Waals surface area contributed by atoms with Gasteiger partial charge in [0.25, 0.3) is 0 Å². The molecular formula is C19H24ClN3S. The van der Waals surface area contributed by atoms with E-state index in [1.165, 1.54) is 5.56 Å².